The average molecular weight is 552 g/mol. The lowest BCUT2D eigenvalue weighted by molar-refractivity contribution is -0.138. The maximum Gasteiger partial charge on any atom is 0.416 e. The smallest absolute Gasteiger partial charge is 0.416 e. The zero-order valence-corrected chi connectivity index (χ0v) is 21.8. The number of halogens is 4. The minimum absolute atomic E-state index is 0.0152. The van der Waals surface area contributed by atoms with E-state index in [0.29, 0.717) is 18.9 Å². The number of hydrogen-bond acceptors (Lipinski definition) is 3. The van der Waals surface area contributed by atoms with Gasteiger partial charge in [0.1, 0.15) is 18.2 Å². The quantitative estimate of drug-likeness (QED) is 0.308. The van der Waals surface area contributed by atoms with E-state index in [-0.39, 0.29) is 48.5 Å². The van der Waals surface area contributed by atoms with Crippen LogP contribution in [0.3, 0.4) is 0 Å². The maximum atomic E-state index is 13.9. The first-order valence-corrected chi connectivity index (χ1v) is 13.7. The van der Waals surface area contributed by atoms with Crippen LogP contribution in [-0.2, 0) is 22.1 Å². The highest BCUT2D eigenvalue weighted by molar-refractivity contribution is 5.84. The fraction of sp³-hybridized carbons (Fsp3) is 0.375. The van der Waals surface area contributed by atoms with E-state index in [0.717, 1.165) is 53.6 Å². The van der Waals surface area contributed by atoms with Crippen molar-refractivity contribution in [3.8, 4) is 11.1 Å². The molecule has 3 aromatic rings. The largest absolute Gasteiger partial charge is 0.448 e. The summed E-state index contributed by atoms with van der Waals surface area (Å²) in [5.41, 5.74) is 3.48. The lowest BCUT2D eigenvalue weighted by Gasteiger charge is -2.47. The van der Waals surface area contributed by atoms with Crippen LogP contribution in [0.2, 0.25) is 0 Å². The molecule has 0 spiro atoms. The van der Waals surface area contributed by atoms with Crippen LogP contribution < -0.4 is 0 Å². The summed E-state index contributed by atoms with van der Waals surface area (Å²) in [6.45, 7) is 0.215. The lowest BCUT2D eigenvalue weighted by atomic mass is 9.76. The number of ether oxygens (including phenoxy) is 1. The number of amides is 1. The molecule has 2 atom stereocenters. The molecule has 0 N–H and O–H groups in total. The van der Waals surface area contributed by atoms with Gasteiger partial charge in [0, 0.05) is 30.3 Å². The molecular weight excluding hydrogens is 522 g/mol. The van der Waals surface area contributed by atoms with Crippen LogP contribution in [0.4, 0.5) is 22.4 Å². The molecule has 0 radical (unpaired) electrons. The topological polar surface area (TPSA) is 46.6 Å². The Hall–Kier alpha value is -3.68. The van der Waals surface area contributed by atoms with Crippen LogP contribution in [0.25, 0.3) is 11.1 Å². The van der Waals surface area contributed by atoms with Gasteiger partial charge < -0.3 is 9.64 Å². The number of ketones is 1. The summed E-state index contributed by atoms with van der Waals surface area (Å²) < 4.78 is 59.1. The normalized spacial score (nSPS) is 22.0. The number of Topliss-reactive ketones (excluding diaryl/α,β-unsaturated/α-hetero) is 1. The molecule has 4 nitrogen and oxygen atoms in total. The molecule has 8 heteroatoms. The fourth-order valence-electron chi connectivity index (χ4n) is 6.87. The van der Waals surface area contributed by atoms with Gasteiger partial charge in [0.25, 0.3) is 0 Å². The van der Waals surface area contributed by atoms with E-state index < -0.39 is 23.5 Å². The number of benzene rings is 3. The van der Waals surface area contributed by atoms with Gasteiger partial charge in [-0.2, -0.15) is 13.2 Å². The highest BCUT2D eigenvalue weighted by Gasteiger charge is 2.44. The number of nitrogens with zero attached hydrogens (tertiary/aromatic N) is 1. The Labute approximate surface area is 229 Å². The van der Waals surface area contributed by atoms with Gasteiger partial charge in [-0.25, -0.2) is 9.18 Å². The van der Waals surface area contributed by atoms with E-state index in [9.17, 15) is 27.2 Å². The zero-order valence-electron chi connectivity index (χ0n) is 21.8. The minimum atomic E-state index is -4.69. The molecule has 2 saturated heterocycles. The van der Waals surface area contributed by atoms with Gasteiger partial charge in [-0.3, -0.25) is 4.79 Å². The first-order valence-electron chi connectivity index (χ1n) is 13.7. The monoisotopic (exact) mass is 551 g/mol. The third kappa shape index (κ3) is 5.00. The Kier molecular flexibility index (Phi) is 6.88. The predicted octanol–water partition coefficient (Wildman–Crippen LogP) is 7.54. The first-order chi connectivity index (χ1) is 19.2. The molecule has 2 heterocycles. The second kappa shape index (κ2) is 10.4. The first kappa shape index (κ1) is 26.5. The molecule has 2 bridgehead atoms. The zero-order chi connectivity index (χ0) is 28.0. The molecule has 0 saturated carbocycles. The minimum Gasteiger partial charge on any atom is -0.448 e. The van der Waals surface area contributed by atoms with Crippen molar-refractivity contribution in [1.82, 2.24) is 4.90 Å². The number of rotatable bonds is 5. The molecule has 2 aliphatic heterocycles. The number of alkyl halides is 3. The molecule has 3 aliphatic rings. The van der Waals surface area contributed by atoms with Crippen molar-refractivity contribution in [2.45, 2.75) is 62.7 Å². The highest BCUT2D eigenvalue weighted by Crippen LogP contribution is 2.45. The van der Waals surface area contributed by atoms with Crippen LogP contribution in [-0.4, -0.2) is 35.5 Å². The Bertz CT molecular complexity index is 1390. The van der Waals surface area contributed by atoms with Crippen molar-refractivity contribution in [1.29, 1.82) is 0 Å². The summed E-state index contributed by atoms with van der Waals surface area (Å²) >= 11 is 0. The van der Waals surface area contributed by atoms with Gasteiger partial charge in [0.15, 0.2) is 0 Å². The summed E-state index contributed by atoms with van der Waals surface area (Å²) in [6.07, 6.45) is -2.07. The predicted molar refractivity (Wildman–Crippen MR) is 141 cm³/mol. The fourth-order valence-corrected chi connectivity index (χ4v) is 6.87. The van der Waals surface area contributed by atoms with Gasteiger partial charge in [-0.05, 0) is 78.1 Å². The van der Waals surface area contributed by atoms with E-state index in [2.05, 4.69) is 24.3 Å². The summed E-state index contributed by atoms with van der Waals surface area (Å²) in [6, 6.07) is 18.2. The summed E-state index contributed by atoms with van der Waals surface area (Å²) in [7, 11) is 0. The van der Waals surface area contributed by atoms with Crippen molar-refractivity contribution >= 4 is 11.9 Å². The van der Waals surface area contributed by atoms with Crippen LogP contribution >= 0.6 is 0 Å². The van der Waals surface area contributed by atoms with Crippen LogP contribution in [0, 0.1) is 11.7 Å². The van der Waals surface area contributed by atoms with Gasteiger partial charge >= 0.3 is 12.3 Å². The molecule has 0 aromatic heterocycles. The molecule has 1 aliphatic carbocycles. The molecule has 6 rings (SSSR count). The molecule has 1 amide bonds. The molecule has 208 valence electrons. The number of carbonyl (C=O) groups excluding carboxylic acids is 2. The van der Waals surface area contributed by atoms with Gasteiger partial charge in [0.05, 0.1) is 5.56 Å². The third-order valence-electron chi connectivity index (χ3n) is 8.64. The van der Waals surface area contributed by atoms with Crippen molar-refractivity contribution in [3.05, 3.63) is 94.8 Å². The van der Waals surface area contributed by atoms with Crippen LogP contribution in [0.1, 0.15) is 60.3 Å². The molecule has 2 fully saturated rings. The Morgan fingerprint density at radius 2 is 1.48 bits per heavy atom. The van der Waals surface area contributed by atoms with Crippen LogP contribution in [0.5, 0.6) is 0 Å². The standard InChI is InChI=1S/C32H29F4NO3/c33-22-13-19(12-21(17-22)32(34,35)36)14-30(38)20-15-23-6-5-7-24(16-20)37(23)31(39)40-18-29-27-10-3-1-8-25(27)26-9-2-4-11-28(26)29/h1-4,8-13,17,20,23-24,29H,5-7,14-16,18H2. The van der Waals surface area contributed by atoms with Gasteiger partial charge in [-0.15, -0.1) is 0 Å². The number of carbonyl (C=O) groups is 2. The van der Waals surface area contributed by atoms with Gasteiger partial charge in [-0.1, -0.05) is 48.5 Å². The molecule has 2 unspecified atom stereocenters. The van der Waals surface area contributed by atoms with E-state index in [1.165, 1.54) is 0 Å². The van der Waals surface area contributed by atoms with E-state index in [4.69, 9.17) is 4.74 Å². The van der Waals surface area contributed by atoms with E-state index in [1.54, 1.807) is 4.90 Å². The number of hydrogen-bond donors (Lipinski definition) is 0. The summed E-state index contributed by atoms with van der Waals surface area (Å²) in [5, 5.41) is 0. The molecular formula is C32H29F4NO3. The SMILES string of the molecule is O=C(Cc1cc(F)cc(C(F)(F)F)c1)C1CC2CCCC(C1)N2C(=O)OCC1c2ccccc2-c2ccccc21. The van der Waals surface area contributed by atoms with Crippen molar-refractivity contribution in [3.63, 3.8) is 0 Å². The summed E-state index contributed by atoms with van der Waals surface area (Å²) in [5.74, 6) is -1.68. The summed E-state index contributed by atoms with van der Waals surface area (Å²) in [4.78, 5) is 28.3. The van der Waals surface area contributed by atoms with Crippen molar-refractivity contribution in [2.24, 2.45) is 5.92 Å². The van der Waals surface area contributed by atoms with Crippen LogP contribution in [0.15, 0.2) is 66.7 Å². The van der Waals surface area contributed by atoms with Crippen molar-refractivity contribution < 1.29 is 31.9 Å². The van der Waals surface area contributed by atoms with Crippen molar-refractivity contribution in [2.75, 3.05) is 6.61 Å². The maximum absolute atomic E-state index is 13.9. The van der Waals surface area contributed by atoms with Gasteiger partial charge in [0.2, 0.25) is 0 Å². The second-order valence-corrected chi connectivity index (χ2v) is 11.1. The molecule has 3 aromatic carbocycles. The Balaban J connectivity index is 1.13. The molecule has 40 heavy (non-hydrogen) atoms. The number of fused-ring (bicyclic) bond motifs is 5. The van der Waals surface area contributed by atoms with E-state index >= 15 is 0 Å². The number of piperidine rings is 2. The van der Waals surface area contributed by atoms with E-state index in [1.807, 2.05) is 24.3 Å². The highest BCUT2D eigenvalue weighted by atomic mass is 19.4. The average Bonchev–Trinajstić information content (AvgIpc) is 3.24. The third-order valence-corrected chi connectivity index (χ3v) is 8.64. The Morgan fingerprint density at radius 3 is 2.08 bits per heavy atom. The Morgan fingerprint density at radius 1 is 0.875 bits per heavy atom. The second-order valence-electron chi connectivity index (χ2n) is 11.1. The lowest BCUT2D eigenvalue weighted by Crippen LogP contribution is -2.56.